The van der Waals surface area contributed by atoms with Crippen molar-refractivity contribution in [3.8, 4) is 17.5 Å². The molecule has 2 heterocycles. The molecule has 0 saturated heterocycles. The number of furan rings is 1. The molecule has 164 valence electrons. The molecule has 7 nitrogen and oxygen atoms in total. The molecule has 33 heavy (non-hydrogen) atoms. The minimum atomic E-state index is -0.405. The molecule has 4 rings (SSSR count). The number of hydrogen-bond donors (Lipinski definition) is 1. The van der Waals surface area contributed by atoms with Crippen LogP contribution in [0.4, 0.5) is 0 Å². The van der Waals surface area contributed by atoms with Crippen molar-refractivity contribution in [3.63, 3.8) is 0 Å². The molecule has 0 radical (unpaired) electrons. The zero-order chi connectivity index (χ0) is 23.2. The molecule has 0 bridgehead atoms. The molecule has 1 amide bonds. The highest BCUT2D eigenvalue weighted by Gasteiger charge is 2.11. The second kappa shape index (κ2) is 9.71. The number of nitrogens with one attached hydrogen (secondary N) is 1. The molecule has 0 spiro atoms. The predicted molar refractivity (Wildman–Crippen MR) is 125 cm³/mol. The number of hydrogen-bond acceptors (Lipinski definition) is 5. The Balaban J connectivity index is 1.44. The Morgan fingerprint density at radius 2 is 1.94 bits per heavy atom. The fourth-order valence-corrected chi connectivity index (χ4v) is 3.55. The van der Waals surface area contributed by atoms with Crippen LogP contribution in [0.1, 0.15) is 38.6 Å². The monoisotopic (exact) mass is 438 g/mol. The van der Waals surface area contributed by atoms with E-state index in [9.17, 15) is 10.1 Å². The van der Waals surface area contributed by atoms with Gasteiger partial charge in [0.1, 0.15) is 12.4 Å². The number of carbonyl (C=O) groups excluding carboxylic acids is 1. The van der Waals surface area contributed by atoms with Gasteiger partial charge in [0.15, 0.2) is 5.76 Å². The molecule has 0 atom stereocenters. The van der Waals surface area contributed by atoms with Crippen molar-refractivity contribution in [3.05, 3.63) is 107 Å². The quantitative estimate of drug-likeness (QED) is 0.328. The number of carbonyl (C=O) groups is 1. The highest BCUT2D eigenvalue weighted by Crippen LogP contribution is 2.23. The van der Waals surface area contributed by atoms with Gasteiger partial charge in [-0.25, -0.2) is 5.43 Å². The molecule has 2 aromatic heterocycles. The molecule has 0 saturated carbocycles. The number of aryl methyl sites for hydroxylation is 1. The Bertz CT molecular complexity index is 1330. The van der Waals surface area contributed by atoms with Gasteiger partial charge in [-0.05, 0) is 62.4 Å². The highest BCUT2D eigenvalue weighted by molar-refractivity contribution is 5.92. The minimum Gasteiger partial charge on any atom is -0.489 e. The summed E-state index contributed by atoms with van der Waals surface area (Å²) in [6.45, 7) is 4.33. The Morgan fingerprint density at radius 1 is 1.15 bits per heavy atom. The van der Waals surface area contributed by atoms with Gasteiger partial charge >= 0.3 is 5.91 Å². The van der Waals surface area contributed by atoms with Crippen LogP contribution in [-0.4, -0.2) is 16.7 Å². The maximum absolute atomic E-state index is 11.9. The third-order valence-corrected chi connectivity index (χ3v) is 5.21. The number of amides is 1. The van der Waals surface area contributed by atoms with Gasteiger partial charge in [0, 0.05) is 28.2 Å². The van der Waals surface area contributed by atoms with Crippen molar-refractivity contribution in [2.45, 2.75) is 20.5 Å². The Kier molecular flexibility index (Phi) is 6.37. The van der Waals surface area contributed by atoms with Crippen LogP contribution in [0.15, 0.2) is 82.5 Å². The summed E-state index contributed by atoms with van der Waals surface area (Å²) in [5, 5.41) is 13.3. The van der Waals surface area contributed by atoms with Crippen LogP contribution < -0.4 is 10.2 Å². The first-order valence-electron chi connectivity index (χ1n) is 10.3. The molecular formula is C26H22N4O3. The third-order valence-electron chi connectivity index (χ3n) is 5.21. The Morgan fingerprint density at radius 3 is 2.67 bits per heavy atom. The molecule has 0 aliphatic rings. The van der Waals surface area contributed by atoms with Crippen molar-refractivity contribution in [2.75, 3.05) is 0 Å². The summed E-state index contributed by atoms with van der Waals surface area (Å²) in [5.74, 6) is 0.519. The van der Waals surface area contributed by atoms with Crippen LogP contribution in [0.3, 0.4) is 0 Å². The van der Waals surface area contributed by atoms with Crippen molar-refractivity contribution in [1.82, 2.24) is 9.99 Å². The maximum atomic E-state index is 11.9. The molecule has 0 unspecified atom stereocenters. The van der Waals surface area contributed by atoms with Gasteiger partial charge in [-0.2, -0.15) is 10.4 Å². The zero-order valence-corrected chi connectivity index (χ0v) is 18.3. The van der Waals surface area contributed by atoms with E-state index in [0.29, 0.717) is 12.2 Å². The van der Waals surface area contributed by atoms with Gasteiger partial charge in [0.05, 0.1) is 24.1 Å². The van der Waals surface area contributed by atoms with E-state index in [0.717, 1.165) is 34.0 Å². The van der Waals surface area contributed by atoms with Gasteiger partial charge in [-0.3, -0.25) is 4.79 Å². The fraction of sp³-hybridized carbons (Fsp3) is 0.115. The van der Waals surface area contributed by atoms with E-state index in [1.807, 2.05) is 62.4 Å². The molecular weight excluding hydrogens is 416 g/mol. The lowest BCUT2D eigenvalue weighted by atomic mass is 10.1. The van der Waals surface area contributed by atoms with Crippen LogP contribution >= 0.6 is 0 Å². The van der Waals surface area contributed by atoms with Gasteiger partial charge in [-0.15, -0.1) is 0 Å². The second-order valence-corrected chi connectivity index (χ2v) is 7.39. The third kappa shape index (κ3) is 4.86. The minimum absolute atomic E-state index is 0.205. The van der Waals surface area contributed by atoms with Gasteiger partial charge < -0.3 is 13.7 Å². The van der Waals surface area contributed by atoms with Crippen molar-refractivity contribution >= 4 is 12.1 Å². The number of ether oxygens (including phenoxy) is 1. The van der Waals surface area contributed by atoms with Crippen LogP contribution in [0.25, 0.3) is 5.69 Å². The van der Waals surface area contributed by atoms with Gasteiger partial charge in [0.2, 0.25) is 0 Å². The number of aromatic nitrogens is 1. The summed E-state index contributed by atoms with van der Waals surface area (Å²) in [5.41, 5.74) is 7.81. The largest absolute Gasteiger partial charge is 0.489 e. The summed E-state index contributed by atoms with van der Waals surface area (Å²) >= 11 is 0. The number of nitriles is 1. The predicted octanol–water partition coefficient (Wildman–Crippen LogP) is 4.90. The second-order valence-electron chi connectivity index (χ2n) is 7.39. The summed E-state index contributed by atoms with van der Waals surface area (Å²) < 4.78 is 13.0. The average Bonchev–Trinajstić information content (AvgIpc) is 3.47. The van der Waals surface area contributed by atoms with E-state index >= 15 is 0 Å². The van der Waals surface area contributed by atoms with E-state index in [1.165, 1.54) is 6.26 Å². The summed E-state index contributed by atoms with van der Waals surface area (Å²) in [7, 11) is 0. The standard InChI is InChI=1S/C26H22N4O3/c1-18-14-22(16-28-29-26(31)25-8-5-13-32-25)19(2)30(18)23-9-11-24(12-10-23)33-17-21-7-4-3-6-20(21)15-27/h3-14,16H,17H2,1-2H3,(H,29,31)/b28-16-. The molecule has 0 fully saturated rings. The molecule has 0 aliphatic carbocycles. The van der Waals surface area contributed by atoms with Crippen LogP contribution in [-0.2, 0) is 6.61 Å². The van der Waals surface area contributed by atoms with Crippen molar-refractivity contribution < 1.29 is 13.9 Å². The lowest BCUT2D eigenvalue weighted by molar-refractivity contribution is 0.0927. The topological polar surface area (TPSA) is 92.6 Å². The number of hydrazone groups is 1. The lowest BCUT2D eigenvalue weighted by Gasteiger charge is -2.12. The van der Waals surface area contributed by atoms with E-state index in [2.05, 4.69) is 21.2 Å². The van der Waals surface area contributed by atoms with E-state index in [1.54, 1.807) is 24.4 Å². The molecule has 2 aromatic carbocycles. The maximum Gasteiger partial charge on any atom is 0.307 e. The smallest absolute Gasteiger partial charge is 0.307 e. The molecule has 7 heteroatoms. The molecule has 4 aromatic rings. The number of nitrogens with zero attached hydrogens (tertiary/aromatic N) is 3. The van der Waals surface area contributed by atoms with Crippen molar-refractivity contribution in [2.24, 2.45) is 5.10 Å². The Hall–Kier alpha value is -4.57. The molecule has 1 N–H and O–H groups in total. The SMILES string of the molecule is Cc1cc(/C=N\NC(=O)c2ccco2)c(C)n1-c1ccc(OCc2ccccc2C#N)cc1. The lowest BCUT2D eigenvalue weighted by Crippen LogP contribution is -2.16. The average molecular weight is 438 g/mol. The van der Waals surface area contributed by atoms with E-state index in [-0.39, 0.29) is 5.76 Å². The number of benzene rings is 2. The van der Waals surface area contributed by atoms with Crippen molar-refractivity contribution in [1.29, 1.82) is 5.26 Å². The van der Waals surface area contributed by atoms with Crippen LogP contribution in [0.5, 0.6) is 5.75 Å². The summed E-state index contributed by atoms with van der Waals surface area (Å²) in [6.07, 6.45) is 3.05. The van der Waals surface area contributed by atoms with Crippen LogP contribution in [0.2, 0.25) is 0 Å². The summed E-state index contributed by atoms with van der Waals surface area (Å²) in [4.78, 5) is 11.9. The normalized spacial score (nSPS) is 10.8. The summed E-state index contributed by atoms with van der Waals surface area (Å²) in [6, 6.07) is 22.6. The van der Waals surface area contributed by atoms with E-state index < -0.39 is 5.91 Å². The first-order chi connectivity index (χ1) is 16.1. The molecule has 0 aliphatic heterocycles. The zero-order valence-electron chi connectivity index (χ0n) is 18.3. The Labute approximate surface area is 191 Å². The first kappa shape index (κ1) is 21.7. The van der Waals surface area contributed by atoms with E-state index in [4.69, 9.17) is 9.15 Å². The fourth-order valence-electron chi connectivity index (χ4n) is 3.55. The number of rotatable bonds is 7. The van der Waals surface area contributed by atoms with Gasteiger partial charge in [-0.1, -0.05) is 18.2 Å². The van der Waals surface area contributed by atoms with Crippen LogP contribution in [0, 0.1) is 25.2 Å². The van der Waals surface area contributed by atoms with Gasteiger partial charge in [0.25, 0.3) is 0 Å². The highest BCUT2D eigenvalue weighted by atomic mass is 16.5. The first-order valence-corrected chi connectivity index (χ1v) is 10.3.